The van der Waals surface area contributed by atoms with Gasteiger partial charge < -0.3 is 10.6 Å². The minimum Gasteiger partial charge on any atom is -0.348 e. The molecule has 1 saturated heterocycles. The molecule has 8 heteroatoms. The molecule has 1 saturated carbocycles. The van der Waals surface area contributed by atoms with Crippen LogP contribution in [0.3, 0.4) is 0 Å². The summed E-state index contributed by atoms with van der Waals surface area (Å²) in [6.07, 6.45) is -1.28. The maximum absolute atomic E-state index is 14.2. The molecule has 3 rings (SSSR count). The lowest BCUT2D eigenvalue weighted by atomic mass is 9.99. The zero-order valence-corrected chi connectivity index (χ0v) is 13.6. The molecule has 134 valence electrons. The second-order valence-electron chi connectivity index (χ2n) is 6.21. The Kier molecular flexibility index (Phi) is 5.75. The summed E-state index contributed by atoms with van der Waals surface area (Å²) in [6.45, 7) is 0.765. The quantitative estimate of drug-likeness (QED) is 0.800. The summed E-state index contributed by atoms with van der Waals surface area (Å²) in [4.78, 5) is 12.2. The third-order valence-corrected chi connectivity index (χ3v) is 4.43. The molecule has 1 amide bonds. The third kappa shape index (κ3) is 4.19. The Balaban J connectivity index is 0.00000208. The first-order valence-electron chi connectivity index (χ1n) is 7.76. The molecule has 0 radical (unpaired) electrons. The Labute approximate surface area is 143 Å². The van der Waals surface area contributed by atoms with Crippen molar-refractivity contribution in [3.8, 4) is 0 Å². The minimum atomic E-state index is -4.58. The van der Waals surface area contributed by atoms with E-state index in [-0.39, 0.29) is 35.8 Å². The molecule has 1 aliphatic carbocycles. The third-order valence-electron chi connectivity index (χ3n) is 4.43. The fraction of sp³-hybridized carbons (Fsp3) is 0.562. The molecule has 24 heavy (non-hydrogen) atoms. The van der Waals surface area contributed by atoms with E-state index in [4.69, 9.17) is 0 Å². The van der Waals surface area contributed by atoms with Crippen molar-refractivity contribution < 1.29 is 22.4 Å². The molecule has 0 bridgehead atoms. The molecule has 2 N–H and O–H groups in total. The predicted molar refractivity (Wildman–Crippen MR) is 83.3 cm³/mol. The van der Waals surface area contributed by atoms with Crippen LogP contribution in [0.15, 0.2) is 18.2 Å². The van der Waals surface area contributed by atoms with E-state index >= 15 is 0 Å². The number of benzene rings is 1. The van der Waals surface area contributed by atoms with Crippen molar-refractivity contribution in [1.29, 1.82) is 0 Å². The fourth-order valence-corrected chi connectivity index (χ4v) is 3.00. The molecule has 1 aromatic carbocycles. The van der Waals surface area contributed by atoms with Crippen LogP contribution in [-0.4, -0.2) is 18.5 Å². The summed E-state index contributed by atoms with van der Waals surface area (Å²) in [5.74, 6) is -1.04. The number of carbonyl (C=O) groups excluding carboxylic acids is 1. The number of carbonyl (C=O) groups is 1. The SMILES string of the molecule is Cl.O=C(N[C@@H](c1ccc(C(F)(F)F)cc1F)C1CC1)C1CCCN1. The van der Waals surface area contributed by atoms with Gasteiger partial charge in [0.25, 0.3) is 0 Å². The van der Waals surface area contributed by atoms with Crippen LogP contribution in [0.1, 0.15) is 42.9 Å². The van der Waals surface area contributed by atoms with Crippen molar-refractivity contribution in [2.75, 3.05) is 6.54 Å². The van der Waals surface area contributed by atoms with Crippen LogP contribution in [0.5, 0.6) is 0 Å². The van der Waals surface area contributed by atoms with Gasteiger partial charge in [-0.3, -0.25) is 4.79 Å². The first-order chi connectivity index (χ1) is 10.9. The molecular formula is C16H19ClF4N2O. The van der Waals surface area contributed by atoms with Gasteiger partial charge in [-0.1, -0.05) is 6.07 Å². The highest BCUT2D eigenvalue weighted by Gasteiger charge is 2.38. The summed E-state index contributed by atoms with van der Waals surface area (Å²) in [5.41, 5.74) is -0.885. The Morgan fingerprint density at radius 3 is 2.46 bits per heavy atom. The van der Waals surface area contributed by atoms with Crippen molar-refractivity contribution in [1.82, 2.24) is 10.6 Å². The lowest BCUT2D eigenvalue weighted by molar-refractivity contribution is -0.137. The number of nitrogens with one attached hydrogen (secondary N) is 2. The first-order valence-corrected chi connectivity index (χ1v) is 7.76. The second kappa shape index (κ2) is 7.27. The van der Waals surface area contributed by atoms with Crippen LogP contribution >= 0.6 is 12.4 Å². The number of halogens is 5. The summed E-state index contributed by atoms with van der Waals surface area (Å²) < 4.78 is 52.1. The van der Waals surface area contributed by atoms with Gasteiger partial charge in [0.15, 0.2) is 0 Å². The summed E-state index contributed by atoms with van der Waals surface area (Å²) in [6, 6.07) is 1.66. The van der Waals surface area contributed by atoms with Crippen LogP contribution < -0.4 is 10.6 Å². The van der Waals surface area contributed by atoms with Gasteiger partial charge in [-0.15, -0.1) is 12.4 Å². The van der Waals surface area contributed by atoms with E-state index < -0.39 is 23.6 Å². The molecule has 0 aromatic heterocycles. The number of alkyl halides is 3. The Morgan fingerprint density at radius 1 is 1.25 bits per heavy atom. The lowest BCUT2D eigenvalue weighted by Gasteiger charge is -2.22. The molecule has 2 fully saturated rings. The van der Waals surface area contributed by atoms with Crippen molar-refractivity contribution in [2.45, 2.75) is 43.9 Å². The normalized spacial score (nSPS) is 21.9. The number of rotatable bonds is 4. The standard InChI is InChI=1S/C16H18F4N2O.ClH/c17-12-8-10(16(18,19)20)5-6-11(12)14(9-3-4-9)22-15(23)13-2-1-7-21-13;/h5-6,8-9,13-14,21H,1-4,7H2,(H,22,23);1H/t13?,14-;/m1./s1. The average molecular weight is 367 g/mol. The van der Waals surface area contributed by atoms with Crippen LogP contribution in [-0.2, 0) is 11.0 Å². The van der Waals surface area contributed by atoms with Gasteiger partial charge in [0.1, 0.15) is 5.82 Å². The zero-order chi connectivity index (χ0) is 16.6. The number of hydrogen-bond donors (Lipinski definition) is 2. The highest BCUT2D eigenvalue weighted by atomic mass is 35.5. The van der Waals surface area contributed by atoms with E-state index in [1.807, 2.05) is 0 Å². The van der Waals surface area contributed by atoms with E-state index in [0.717, 1.165) is 44.4 Å². The molecule has 1 heterocycles. The molecule has 0 spiro atoms. The van der Waals surface area contributed by atoms with E-state index in [1.165, 1.54) is 0 Å². The molecule has 2 atom stereocenters. The molecule has 2 aliphatic rings. The van der Waals surface area contributed by atoms with Crippen molar-refractivity contribution in [3.05, 3.63) is 35.1 Å². The van der Waals surface area contributed by atoms with Crippen LogP contribution in [0.2, 0.25) is 0 Å². The summed E-state index contributed by atoms with van der Waals surface area (Å²) in [7, 11) is 0. The monoisotopic (exact) mass is 366 g/mol. The summed E-state index contributed by atoms with van der Waals surface area (Å²) >= 11 is 0. The van der Waals surface area contributed by atoms with Crippen LogP contribution in [0.25, 0.3) is 0 Å². The minimum absolute atomic E-state index is 0. The molecular weight excluding hydrogens is 348 g/mol. The zero-order valence-electron chi connectivity index (χ0n) is 12.8. The Morgan fingerprint density at radius 2 is 1.96 bits per heavy atom. The highest BCUT2D eigenvalue weighted by molar-refractivity contribution is 5.85. The Hall–Kier alpha value is -1.34. The molecule has 3 nitrogen and oxygen atoms in total. The second-order valence-corrected chi connectivity index (χ2v) is 6.21. The van der Waals surface area contributed by atoms with Gasteiger partial charge >= 0.3 is 6.18 Å². The van der Waals surface area contributed by atoms with E-state index in [0.29, 0.717) is 6.07 Å². The fourth-order valence-electron chi connectivity index (χ4n) is 3.00. The maximum Gasteiger partial charge on any atom is 0.416 e. The van der Waals surface area contributed by atoms with Gasteiger partial charge in [0.05, 0.1) is 17.6 Å². The molecule has 1 aliphatic heterocycles. The van der Waals surface area contributed by atoms with Crippen molar-refractivity contribution >= 4 is 18.3 Å². The summed E-state index contributed by atoms with van der Waals surface area (Å²) in [5, 5.41) is 5.88. The van der Waals surface area contributed by atoms with Crippen LogP contribution in [0.4, 0.5) is 17.6 Å². The van der Waals surface area contributed by atoms with E-state index in [1.54, 1.807) is 0 Å². The first kappa shape index (κ1) is 19.0. The van der Waals surface area contributed by atoms with Crippen LogP contribution in [0, 0.1) is 11.7 Å². The molecule has 1 unspecified atom stereocenters. The number of amides is 1. The van der Waals surface area contributed by atoms with Gasteiger partial charge in [0, 0.05) is 5.56 Å². The lowest BCUT2D eigenvalue weighted by Crippen LogP contribution is -2.42. The average Bonchev–Trinajstić information content (AvgIpc) is 3.17. The van der Waals surface area contributed by atoms with E-state index in [2.05, 4.69) is 10.6 Å². The van der Waals surface area contributed by atoms with E-state index in [9.17, 15) is 22.4 Å². The highest BCUT2D eigenvalue weighted by Crippen LogP contribution is 2.42. The van der Waals surface area contributed by atoms with Gasteiger partial charge in [-0.2, -0.15) is 13.2 Å². The number of hydrogen-bond acceptors (Lipinski definition) is 2. The van der Waals surface area contributed by atoms with Crippen molar-refractivity contribution in [2.24, 2.45) is 5.92 Å². The van der Waals surface area contributed by atoms with Crippen molar-refractivity contribution in [3.63, 3.8) is 0 Å². The topological polar surface area (TPSA) is 41.1 Å². The molecule has 1 aromatic rings. The van der Waals surface area contributed by atoms with Gasteiger partial charge in [-0.05, 0) is 50.3 Å². The maximum atomic E-state index is 14.2. The largest absolute Gasteiger partial charge is 0.416 e. The van der Waals surface area contributed by atoms with Gasteiger partial charge in [0.2, 0.25) is 5.91 Å². The van der Waals surface area contributed by atoms with Gasteiger partial charge in [-0.25, -0.2) is 4.39 Å². The Bertz CT molecular complexity index is 598. The smallest absolute Gasteiger partial charge is 0.348 e. The predicted octanol–water partition coefficient (Wildman–Crippen LogP) is 3.59.